The molecule has 3 nitrogen and oxygen atoms in total. The van der Waals surface area contributed by atoms with Crippen molar-refractivity contribution in [2.75, 3.05) is 38.2 Å². The van der Waals surface area contributed by atoms with Crippen LogP contribution in [-0.2, 0) is 4.79 Å². The summed E-state index contributed by atoms with van der Waals surface area (Å²) >= 11 is 1.71. The van der Waals surface area contributed by atoms with Gasteiger partial charge in [0.2, 0.25) is 5.91 Å². The molecule has 0 bridgehead atoms. The van der Waals surface area contributed by atoms with E-state index in [1.165, 1.54) is 0 Å². The highest BCUT2D eigenvalue weighted by molar-refractivity contribution is 7.98. The van der Waals surface area contributed by atoms with E-state index in [9.17, 15) is 4.79 Å². The SMILES string of the molecule is CSCCC(=O)NCCN1CC=CCC1. The van der Waals surface area contributed by atoms with Crippen LogP contribution in [0.2, 0.25) is 0 Å². The monoisotopic (exact) mass is 228 g/mol. The van der Waals surface area contributed by atoms with Crippen LogP contribution in [0.4, 0.5) is 0 Å². The van der Waals surface area contributed by atoms with E-state index in [1.807, 2.05) is 6.26 Å². The Morgan fingerprint density at radius 2 is 2.40 bits per heavy atom. The summed E-state index contributed by atoms with van der Waals surface area (Å²) in [4.78, 5) is 13.6. The van der Waals surface area contributed by atoms with E-state index in [1.54, 1.807) is 11.8 Å². The lowest BCUT2D eigenvalue weighted by Crippen LogP contribution is -2.36. The van der Waals surface area contributed by atoms with Crippen LogP contribution in [-0.4, -0.2) is 49.0 Å². The molecule has 1 rings (SSSR count). The second kappa shape index (κ2) is 7.77. The van der Waals surface area contributed by atoms with E-state index in [0.29, 0.717) is 6.42 Å². The van der Waals surface area contributed by atoms with Crippen molar-refractivity contribution in [1.29, 1.82) is 0 Å². The Hall–Kier alpha value is -0.480. The number of carbonyl (C=O) groups excluding carboxylic acids is 1. The maximum atomic E-state index is 11.3. The van der Waals surface area contributed by atoms with Gasteiger partial charge in [-0.15, -0.1) is 0 Å². The van der Waals surface area contributed by atoms with Gasteiger partial charge in [0.05, 0.1) is 0 Å². The molecule has 1 N–H and O–H groups in total. The van der Waals surface area contributed by atoms with Gasteiger partial charge in [-0.1, -0.05) is 12.2 Å². The highest BCUT2D eigenvalue weighted by atomic mass is 32.2. The van der Waals surface area contributed by atoms with Gasteiger partial charge in [-0.25, -0.2) is 0 Å². The summed E-state index contributed by atoms with van der Waals surface area (Å²) in [5, 5.41) is 2.95. The highest BCUT2D eigenvalue weighted by Crippen LogP contribution is 1.99. The second-order valence-electron chi connectivity index (χ2n) is 3.65. The average molecular weight is 228 g/mol. The molecule has 1 heterocycles. The van der Waals surface area contributed by atoms with Gasteiger partial charge in [0.1, 0.15) is 0 Å². The number of nitrogens with one attached hydrogen (secondary N) is 1. The Labute approximate surface area is 96.3 Å². The van der Waals surface area contributed by atoms with Crippen molar-refractivity contribution in [3.8, 4) is 0 Å². The standard InChI is InChI=1S/C11H20N2OS/c1-15-10-5-11(14)12-6-9-13-7-3-2-4-8-13/h2-3H,4-10H2,1H3,(H,12,14). The second-order valence-corrected chi connectivity index (χ2v) is 4.64. The molecule has 1 aliphatic heterocycles. The normalized spacial score (nSPS) is 16.6. The quantitative estimate of drug-likeness (QED) is 0.691. The van der Waals surface area contributed by atoms with Crippen molar-refractivity contribution in [2.45, 2.75) is 12.8 Å². The molecule has 4 heteroatoms. The molecule has 15 heavy (non-hydrogen) atoms. The van der Waals surface area contributed by atoms with Crippen molar-refractivity contribution in [1.82, 2.24) is 10.2 Å². The number of hydrogen-bond acceptors (Lipinski definition) is 3. The maximum absolute atomic E-state index is 11.3. The fourth-order valence-electron chi connectivity index (χ4n) is 1.53. The lowest BCUT2D eigenvalue weighted by molar-refractivity contribution is -0.120. The molecule has 0 unspecified atom stereocenters. The molecule has 0 spiro atoms. The summed E-state index contributed by atoms with van der Waals surface area (Å²) in [5.41, 5.74) is 0. The molecule has 1 amide bonds. The smallest absolute Gasteiger partial charge is 0.220 e. The molecule has 1 aliphatic rings. The summed E-state index contributed by atoms with van der Waals surface area (Å²) in [6.07, 6.45) is 8.21. The van der Waals surface area contributed by atoms with Crippen LogP contribution in [0, 0.1) is 0 Å². The number of nitrogens with zero attached hydrogens (tertiary/aromatic N) is 1. The molecule has 0 radical (unpaired) electrons. The minimum Gasteiger partial charge on any atom is -0.355 e. The van der Waals surface area contributed by atoms with E-state index in [-0.39, 0.29) is 5.91 Å². The lowest BCUT2D eigenvalue weighted by Gasteiger charge is -2.22. The molecule has 0 saturated carbocycles. The van der Waals surface area contributed by atoms with E-state index < -0.39 is 0 Å². The van der Waals surface area contributed by atoms with Crippen LogP contribution in [0.15, 0.2) is 12.2 Å². The molecule has 0 aromatic rings. The maximum Gasteiger partial charge on any atom is 0.220 e. The summed E-state index contributed by atoms with van der Waals surface area (Å²) in [6.45, 7) is 3.90. The molecular weight excluding hydrogens is 208 g/mol. The molecule has 0 saturated heterocycles. The van der Waals surface area contributed by atoms with E-state index in [4.69, 9.17) is 0 Å². The van der Waals surface area contributed by atoms with Crippen molar-refractivity contribution < 1.29 is 4.79 Å². The zero-order valence-corrected chi connectivity index (χ0v) is 10.2. The minimum atomic E-state index is 0.178. The van der Waals surface area contributed by atoms with Gasteiger partial charge in [0, 0.05) is 38.4 Å². The Morgan fingerprint density at radius 1 is 1.53 bits per heavy atom. The third-order valence-electron chi connectivity index (χ3n) is 2.43. The van der Waals surface area contributed by atoms with Gasteiger partial charge in [-0.2, -0.15) is 11.8 Å². The zero-order valence-electron chi connectivity index (χ0n) is 9.37. The molecular formula is C11H20N2OS. The fourth-order valence-corrected chi connectivity index (χ4v) is 1.92. The number of thioether (sulfide) groups is 1. The third kappa shape index (κ3) is 5.85. The van der Waals surface area contributed by atoms with E-state index >= 15 is 0 Å². The van der Waals surface area contributed by atoms with Crippen LogP contribution < -0.4 is 5.32 Å². The number of carbonyl (C=O) groups is 1. The molecule has 0 aliphatic carbocycles. The number of rotatable bonds is 6. The molecule has 0 fully saturated rings. The third-order valence-corrected chi connectivity index (χ3v) is 3.04. The summed E-state index contributed by atoms with van der Waals surface area (Å²) in [6, 6.07) is 0. The van der Waals surface area contributed by atoms with Gasteiger partial charge in [-0.05, 0) is 12.7 Å². The van der Waals surface area contributed by atoms with Gasteiger partial charge in [0.25, 0.3) is 0 Å². The predicted octanol–water partition coefficient (Wildman–Crippen LogP) is 1.12. The Balaban J connectivity index is 2.00. The van der Waals surface area contributed by atoms with Crippen molar-refractivity contribution in [2.24, 2.45) is 0 Å². The first kappa shape index (κ1) is 12.6. The lowest BCUT2D eigenvalue weighted by atomic mass is 10.2. The molecule has 0 aromatic carbocycles. The van der Waals surface area contributed by atoms with Crippen molar-refractivity contribution >= 4 is 17.7 Å². The first-order valence-electron chi connectivity index (χ1n) is 5.46. The van der Waals surface area contributed by atoms with Crippen LogP contribution in [0.5, 0.6) is 0 Å². The first-order chi connectivity index (χ1) is 7.33. The molecule has 86 valence electrons. The van der Waals surface area contributed by atoms with Crippen LogP contribution in [0.3, 0.4) is 0 Å². The summed E-state index contributed by atoms with van der Waals surface area (Å²) < 4.78 is 0. The highest BCUT2D eigenvalue weighted by Gasteiger charge is 2.06. The Bertz CT molecular complexity index is 219. The molecule has 0 aromatic heterocycles. The largest absolute Gasteiger partial charge is 0.355 e. The van der Waals surface area contributed by atoms with Crippen molar-refractivity contribution in [3.63, 3.8) is 0 Å². The van der Waals surface area contributed by atoms with Crippen LogP contribution in [0.1, 0.15) is 12.8 Å². The molecule has 0 atom stereocenters. The van der Waals surface area contributed by atoms with Crippen LogP contribution in [0.25, 0.3) is 0 Å². The predicted molar refractivity (Wildman–Crippen MR) is 66.2 cm³/mol. The Morgan fingerprint density at radius 3 is 3.07 bits per heavy atom. The first-order valence-corrected chi connectivity index (χ1v) is 6.85. The summed E-state index contributed by atoms with van der Waals surface area (Å²) in [7, 11) is 0. The Kier molecular flexibility index (Phi) is 6.52. The zero-order chi connectivity index (χ0) is 10.9. The van der Waals surface area contributed by atoms with Gasteiger partial charge >= 0.3 is 0 Å². The minimum absolute atomic E-state index is 0.178. The van der Waals surface area contributed by atoms with Crippen molar-refractivity contribution in [3.05, 3.63) is 12.2 Å². The van der Waals surface area contributed by atoms with Gasteiger partial charge < -0.3 is 5.32 Å². The number of hydrogen-bond donors (Lipinski definition) is 1. The van der Waals surface area contributed by atoms with Gasteiger partial charge in [0.15, 0.2) is 0 Å². The summed E-state index contributed by atoms with van der Waals surface area (Å²) in [5.74, 6) is 1.09. The van der Waals surface area contributed by atoms with Crippen LogP contribution >= 0.6 is 11.8 Å². The van der Waals surface area contributed by atoms with E-state index in [2.05, 4.69) is 22.4 Å². The van der Waals surface area contributed by atoms with Gasteiger partial charge in [-0.3, -0.25) is 9.69 Å². The average Bonchev–Trinajstić information content (AvgIpc) is 2.28. The fraction of sp³-hybridized carbons (Fsp3) is 0.727. The topological polar surface area (TPSA) is 32.3 Å². The van der Waals surface area contributed by atoms with E-state index in [0.717, 1.165) is 38.4 Å². The number of amides is 1.